The molecule has 7 aromatic carbocycles. The standard InChI is InChI=1S/C48H29N5O/c1-3-14-30(15-4-1)39-28-40-33-19-9-11-24-41(33)53(44(40)35-20-8-7-18-32(35)39)42-25-12-10-21-37(42)47-50-46(31-16-5-2-6-17-31)51-48(52-47)38-23-13-22-36-34-26-27-49-29-43(34)54-45(36)38/h1-29H. The number of hydrogen-bond donors (Lipinski definition) is 0. The van der Waals surface area contributed by atoms with Crippen LogP contribution in [-0.4, -0.2) is 24.5 Å². The maximum absolute atomic E-state index is 6.42. The van der Waals surface area contributed by atoms with Gasteiger partial charge < -0.3 is 8.98 Å². The Morgan fingerprint density at radius 1 is 0.426 bits per heavy atom. The van der Waals surface area contributed by atoms with Gasteiger partial charge in [0, 0.05) is 44.3 Å². The average Bonchev–Trinajstić information content (AvgIpc) is 3.80. The van der Waals surface area contributed by atoms with E-state index in [4.69, 9.17) is 19.4 Å². The Hall–Kier alpha value is -7.44. The van der Waals surface area contributed by atoms with E-state index < -0.39 is 0 Å². The molecule has 0 atom stereocenters. The molecule has 6 nitrogen and oxygen atoms in total. The van der Waals surface area contributed by atoms with Crippen LogP contribution in [0.1, 0.15) is 0 Å². The third-order valence-electron chi connectivity index (χ3n) is 10.4. The Kier molecular flexibility index (Phi) is 6.75. The van der Waals surface area contributed by atoms with Crippen molar-refractivity contribution in [2.24, 2.45) is 0 Å². The second-order valence-corrected chi connectivity index (χ2v) is 13.4. The summed E-state index contributed by atoms with van der Waals surface area (Å²) in [5.41, 5.74) is 9.63. The van der Waals surface area contributed by atoms with Gasteiger partial charge >= 0.3 is 0 Å². The lowest BCUT2D eigenvalue weighted by molar-refractivity contribution is 0.667. The molecule has 4 aromatic heterocycles. The predicted octanol–water partition coefficient (Wildman–Crippen LogP) is 12.1. The Morgan fingerprint density at radius 2 is 1.06 bits per heavy atom. The molecular weight excluding hydrogens is 663 g/mol. The van der Waals surface area contributed by atoms with Crippen LogP contribution in [0.4, 0.5) is 0 Å². The SMILES string of the molecule is c1ccc(-c2nc(-c3ccccc3-n3c4ccccc4c4cc(-c5ccccc5)c5ccccc5c43)nc(-c3cccc4c3oc3cnccc34)n2)cc1. The highest BCUT2D eigenvalue weighted by molar-refractivity contribution is 6.22. The van der Waals surface area contributed by atoms with Gasteiger partial charge in [0.05, 0.1) is 28.5 Å². The minimum atomic E-state index is 0.534. The fourth-order valence-corrected chi connectivity index (χ4v) is 7.95. The van der Waals surface area contributed by atoms with Gasteiger partial charge in [-0.25, -0.2) is 15.0 Å². The zero-order chi connectivity index (χ0) is 35.6. The highest BCUT2D eigenvalue weighted by Gasteiger charge is 2.23. The van der Waals surface area contributed by atoms with Crippen LogP contribution in [0.5, 0.6) is 0 Å². The number of nitrogens with zero attached hydrogens (tertiary/aromatic N) is 5. The van der Waals surface area contributed by atoms with Crippen LogP contribution in [0.25, 0.3) is 105 Å². The van der Waals surface area contributed by atoms with E-state index in [-0.39, 0.29) is 0 Å². The van der Waals surface area contributed by atoms with Crippen molar-refractivity contribution >= 4 is 54.5 Å². The summed E-state index contributed by atoms with van der Waals surface area (Å²) in [5, 5.41) is 6.72. The predicted molar refractivity (Wildman–Crippen MR) is 218 cm³/mol. The van der Waals surface area contributed by atoms with Crippen LogP contribution < -0.4 is 0 Å². The first-order chi connectivity index (χ1) is 26.8. The summed E-state index contributed by atoms with van der Waals surface area (Å²) >= 11 is 0. The fourth-order valence-electron chi connectivity index (χ4n) is 7.95. The summed E-state index contributed by atoms with van der Waals surface area (Å²) in [6.07, 6.45) is 3.54. The summed E-state index contributed by atoms with van der Waals surface area (Å²) in [7, 11) is 0. The third kappa shape index (κ3) is 4.67. The number of furan rings is 1. The molecule has 0 fully saturated rings. The number of hydrogen-bond acceptors (Lipinski definition) is 5. The van der Waals surface area contributed by atoms with Crippen LogP contribution >= 0.6 is 0 Å². The molecule has 0 unspecified atom stereocenters. The van der Waals surface area contributed by atoms with Crippen molar-refractivity contribution in [3.8, 4) is 51.0 Å². The van der Waals surface area contributed by atoms with Crippen LogP contribution in [0.2, 0.25) is 0 Å². The van der Waals surface area contributed by atoms with Gasteiger partial charge in [-0.15, -0.1) is 0 Å². The van der Waals surface area contributed by atoms with Crippen molar-refractivity contribution in [3.63, 3.8) is 0 Å². The van der Waals surface area contributed by atoms with E-state index in [1.807, 2.05) is 48.5 Å². The first-order valence-electron chi connectivity index (χ1n) is 18.0. The largest absolute Gasteiger partial charge is 0.454 e. The Labute approximate surface area is 309 Å². The van der Waals surface area contributed by atoms with E-state index in [0.29, 0.717) is 23.1 Å². The Balaban J connectivity index is 1.21. The van der Waals surface area contributed by atoms with Crippen LogP contribution in [0.3, 0.4) is 0 Å². The van der Waals surface area contributed by atoms with Gasteiger partial charge in [-0.3, -0.25) is 4.98 Å². The van der Waals surface area contributed by atoms with Gasteiger partial charge in [0.25, 0.3) is 0 Å². The molecule has 6 heteroatoms. The number of fused-ring (bicyclic) bond motifs is 8. The van der Waals surface area contributed by atoms with Crippen molar-refractivity contribution in [2.75, 3.05) is 0 Å². The fraction of sp³-hybridized carbons (Fsp3) is 0. The molecule has 0 saturated carbocycles. The van der Waals surface area contributed by atoms with E-state index in [9.17, 15) is 0 Å². The second kappa shape index (κ2) is 12.1. The van der Waals surface area contributed by atoms with Crippen LogP contribution in [0, 0.1) is 0 Å². The van der Waals surface area contributed by atoms with E-state index in [2.05, 4.69) is 125 Å². The molecule has 0 N–H and O–H groups in total. The maximum atomic E-state index is 6.42. The number of benzene rings is 7. The topological polar surface area (TPSA) is 69.6 Å². The van der Waals surface area contributed by atoms with Crippen molar-refractivity contribution in [3.05, 3.63) is 176 Å². The first kappa shape index (κ1) is 30.2. The second-order valence-electron chi connectivity index (χ2n) is 13.4. The smallest absolute Gasteiger partial charge is 0.167 e. The molecule has 0 aliphatic rings. The summed E-state index contributed by atoms with van der Waals surface area (Å²) < 4.78 is 8.81. The Bertz CT molecular complexity index is 3220. The monoisotopic (exact) mass is 691 g/mol. The number of aromatic nitrogens is 5. The lowest BCUT2D eigenvalue weighted by Gasteiger charge is -2.16. The normalized spacial score (nSPS) is 11.7. The van der Waals surface area contributed by atoms with Gasteiger partial charge in [0.15, 0.2) is 23.1 Å². The molecular formula is C48H29N5O. The number of para-hydroxylation sites is 3. The van der Waals surface area contributed by atoms with Crippen LogP contribution in [-0.2, 0) is 0 Å². The molecule has 0 radical (unpaired) electrons. The van der Waals surface area contributed by atoms with E-state index in [1.54, 1.807) is 12.4 Å². The van der Waals surface area contributed by atoms with E-state index in [1.165, 1.54) is 32.7 Å². The van der Waals surface area contributed by atoms with E-state index in [0.717, 1.165) is 49.8 Å². The lowest BCUT2D eigenvalue weighted by atomic mass is 9.95. The molecule has 0 spiro atoms. The van der Waals surface area contributed by atoms with Crippen LogP contribution in [0.15, 0.2) is 181 Å². The Morgan fingerprint density at radius 3 is 1.89 bits per heavy atom. The molecule has 0 aliphatic heterocycles. The highest BCUT2D eigenvalue weighted by Crippen LogP contribution is 2.43. The summed E-state index contributed by atoms with van der Waals surface area (Å²) in [4.78, 5) is 19.8. The number of pyridine rings is 1. The summed E-state index contributed by atoms with van der Waals surface area (Å²) in [6, 6.07) is 57.0. The molecule has 11 aromatic rings. The molecule has 0 amide bonds. The zero-order valence-electron chi connectivity index (χ0n) is 28.9. The maximum Gasteiger partial charge on any atom is 0.167 e. The minimum Gasteiger partial charge on any atom is -0.454 e. The summed E-state index contributed by atoms with van der Waals surface area (Å²) in [6.45, 7) is 0. The molecule has 0 saturated heterocycles. The van der Waals surface area contributed by atoms with Gasteiger partial charge in [-0.05, 0) is 52.9 Å². The molecule has 54 heavy (non-hydrogen) atoms. The van der Waals surface area contributed by atoms with Gasteiger partial charge in [0.1, 0.15) is 5.58 Å². The highest BCUT2D eigenvalue weighted by atomic mass is 16.3. The average molecular weight is 692 g/mol. The molecule has 252 valence electrons. The molecule has 11 rings (SSSR count). The van der Waals surface area contributed by atoms with Crippen molar-refractivity contribution in [1.82, 2.24) is 24.5 Å². The van der Waals surface area contributed by atoms with Gasteiger partial charge in [-0.1, -0.05) is 127 Å². The third-order valence-corrected chi connectivity index (χ3v) is 10.4. The lowest BCUT2D eigenvalue weighted by Crippen LogP contribution is -2.04. The zero-order valence-corrected chi connectivity index (χ0v) is 28.9. The molecule has 0 aliphatic carbocycles. The van der Waals surface area contributed by atoms with Crippen molar-refractivity contribution in [2.45, 2.75) is 0 Å². The van der Waals surface area contributed by atoms with Crippen molar-refractivity contribution in [1.29, 1.82) is 0 Å². The molecule has 4 heterocycles. The quantitative estimate of drug-likeness (QED) is 0.180. The number of rotatable bonds is 5. The first-order valence-corrected chi connectivity index (χ1v) is 18.0. The summed E-state index contributed by atoms with van der Waals surface area (Å²) in [5.74, 6) is 1.69. The molecule has 0 bridgehead atoms. The van der Waals surface area contributed by atoms with Crippen molar-refractivity contribution < 1.29 is 4.42 Å². The van der Waals surface area contributed by atoms with Gasteiger partial charge in [0.2, 0.25) is 0 Å². The van der Waals surface area contributed by atoms with Gasteiger partial charge in [-0.2, -0.15) is 0 Å². The van der Waals surface area contributed by atoms with E-state index >= 15 is 0 Å². The minimum absolute atomic E-state index is 0.534.